The highest BCUT2D eigenvalue weighted by Crippen LogP contribution is 2.43. The van der Waals surface area contributed by atoms with E-state index in [1.165, 1.54) is 5.56 Å². The van der Waals surface area contributed by atoms with Crippen LogP contribution in [0.5, 0.6) is 0 Å². The van der Waals surface area contributed by atoms with E-state index in [2.05, 4.69) is 72.8 Å². The first-order valence-corrected chi connectivity index (χ1v) is 8.85. The van der Waals surface area contributed by atoms with E-state index in [0.29, 0.717) is 0 Å². The zero-order chi connectivity index (χ0) is 18.0. The monoisotopic (exact) mass is 338 g/mol. The molecule has 0 aliphatic heterocycles. The summed E-state index contributed by atoms with van der Waals surface area (Å²) in [5.74, 6) is 0. The summed E-state index contributed by atoms with van der Waals surface area (Å²) in [4.78, 5) is 0. The molecule has 1 aliphatic rings. The number of anilines is 2. The van der Waals surface area contributed by atoms with Gasteiger partial charge in [0.15, 0.2) is 0 Å². The molecule has 0 saturated heterocycles. The van der Waals surface area contributed by atoms with Crippen LogP contribution >= 0.6 is 0 Å². The molecular formula is C24H22N2. The largest absolute Gasteiger partial charge is 0.399 e. The van der Waals surface area contributed by atoms with Gasteiger partial charge in [-0.25, -0.2) is 0 Å². The van der Waals surface area contributed by atoms with Crippen LogP contribution in [0.25, 0.3) is 11.1 Å². The van der Waals surface area contributed by atoms with Crippen molar-refractivity contribution in [3.63, 3.8) is 0 Å². The molecular weight excluding hydrogens is 316 g/mol. The fourth-order valence-corrected chi connectivity index (χ4v) is 3.72. The zero-order valence-electron chi connectivity index (χ0n) is 14.6. The van der Waals surface area contributed by atoms with Gasteiger partial charge in [0.05, 0.1) is 0 Å². The molecule has 0 fully saturated rings. The van der Waals surface area contributed by atoms with E-state index in [4.69, 9.17) is 11.5 Å². The molecule has 26 heavy (non-hydrogen) atoms. The van der Waals surface area contributed by atoms with Crippen molar-refractivity contribution in [2.24, 2.45) is 0 Å². The van der Waals surface area contributed by atoms with Gasteiger partial charge in [0.1, 0.15) is 0 Å². The molecule has 3 aromatic carbocycles. The van der Waals surface area contributed by atoms with Gasteiger partial charge in [0, 0.05) is 16.8 Å². The molecule has 2 heteroatoms. The molecule has 0 aromatic heterocycles. The fraction of sp³-hybridized carbons (Fsp3) is 0.0833. The summed E-state index contributed by atoms with van der Waals surface area (Å²) in [7, 11) is 0. The number of nitrogen functional groups attached to an aromatic ring is 2. The van der Waals surface area contributed by atoms with Crippen molar-refractivity contribution in [1.29, 1.82) is 0 Å². The highest BCUT2D eigenvalue weighted by molar-refractivity contribution is 5.72. The average molecular weight is 338 g/mol. The Morgan fingerprint density at radius 1 is 0.731 bits per heavy atom. The highest BCUT2D eigenvalue weighted by Gasteiger charge is 2.33. The first-order valence-electron chi connectivity index (χ1n) is 8.85. The van der Waals surface area contributed by atoms with Crippen LogP contribution < -0.4 is 11.5 Å². The van der Waals surface area contributed by atoms with Gasteiger partial charge in [0.25, 0.3) is 0 Å². The average Bonchev–Trinajstić information content (AvgIpc) is 2.70. The summed E-state index contributed by atoms with van der Waals surface area (Å²) in [5.41, 5.74) is 18.3. The van der Waals surface area contributed by atoms with Gasteiger partial charge in [-0.3, -0.25) is 0 Å². The Labute approximate surface area is 154 Å². The minimum atomic E-state index is -0.246. The number of benzene rings is 3. The van der Waals surface area contributed by atoms with Crippen molar-refractivity contribution in [3.8, 4) is 11.1 Å². The van der Waals surface area contributed by atoms with Crippen molar-refractivity contribution in [2.75, 3.05) is 11.5 Å². The number of rotatable bonds is 3. The predicted octanol–water partition coefficient (Wildman–Crippen LogP) is 5.32. The van der Waals surface area contributed by atoms with Crippen LogP contribution in [0.2, 0.25) is 0 Å². The molecule has 1 atom stereocenters. The van der Waals surface area contributed by atoms with Crippen LogP contribution in [-0.2, 0) is 5.41 Å². The van der Waals surface area contributed by atoms with Gasteiger partial charge >= 0.3 is 0 Å². The zero-order valence-corrected chi connectivity index (χ0v) is 14.6. The van der Waals surface area contributed by atoms with E-state index in [-0.39, 0.29) is 5.41 Å². The smallest absolute Gasteiger partial charge is 0.0439 e. The van der Waals surface area contributed by atoms with Crippen molar-refractivity contribution >= 4 is 11.4 Å². The first-order chi connectivity index (χ1) is 12.7. The molecule has 0 saturated carbocycles. The normalized spacial score (nSPS) is 18.8. The minimum absolute atomic E-state index is 0.246. The Kier molecular flexibility index (Phi) is 4.10. The fourth-order valence-electron chi connectivity index (χ4n) is 3.72. The summed E-state index contributed by atoms with van der Waals surface area (Å²) in [6.45, 7) is 0. The Morgan fingerprint density at radius 2 is 1.46 bits per heavy atom. The lowest BCUT2D eigenvalue weighted by molar-refractivity contribution is 0.650. The summed E-state index contributed by atoms with van der Waals surface area (Å²) in [6, 6.07) is 24.9. The molecule has 0 bridgehead atoms. The van der Waals surface area contributed by atoms with Crippen molar-refractivity contribution < 1.29 is 0 Å². The Bertz CT molecular complexity index is 969. The van der Waals surface area contributed by atoms with Gasteiger partial charge in [-0.1, -0.05) is 72.8 Å². The van der Waals surface area contributed by atoms with Gasteiger partial charge in [-0.2, -0.15) is 0 Å². The molecule has 0 spiro atoms. The number of hydrogen-bond donors (Lipinski definition) is 2. The van der Waals surface area contributed by atoms with Crippen LogP contribution in [0, 0.1) is 0 Å². The van der Waals surface area contributed by atoms with E-state index < -0.39 is 0 Å². The second kappa shape index (κ2) is 6.57. The topological polar surface area (TPSA) is 52.0 Å². The lowest BCUT2D eigenvalue weighted by Crippen LogP contribution is -2.27. The summed E-state index contributed by atoms with van der Waals surface area (Å²) < 4.78 is 0. The standard InChI is InChI=1S/C24H22N2/c25-21-12-9-18(10-13-21)19-11-14-23(26)22(17-19)24(15-5-2-6-16-24)20-7-3-1-4-8-20/h1-15,17H,16,25-26H2. The van der Waals surface area contributed by atoms with Gasteiger partial charge in [0.2, 0.25) is 0 Å². The van der Waals surface area contributed by atoms with E-state index in [1.807, 2.05) is 24.3 Å². The van der Waals surface area contributed by atoms with E-state index in [1.54, 1.807) is 0 Å². The quantitative estimate of drug-likeness (QED) is 0.635. The second-order valence-corrected chi connectivity index (χ2v) is 6.75. The molecule has 4 N–H and O–H groups in total. The third-order valence-corrected chi connectivity index (χ3v) is 5.13. The maximum absolute atomic E-state index is 6.47. The molecule has 0 radical (unpaired) electrons. The third-order valence-electron chi connectivity index (χ3n) is 5.13. The second-order valence-electron chi connectivity index (χ2n) is 6.75. The van der Waals surface area contributed by atoms with Gasteiger partial charge in [-0.05, 0) is 52.9 Å². The lowest BCUT2D eigenvalue weighted by Gasteiger charge is -2.34. The Balaban J connectivity index is 1.89. The van der Waals surface area contributed by atoms with Gasteiger partial charge < -0.3 is 11.5 Å². The van der Waals surface area contributed by atoms with Crippen molar-refractivity contribution in [1.82, 2.24) is 0 Å². The van der Waals surface area contributed by atoms with Crippen LogP contribution in [0.15, 0.2) is 97.1 Å². The molecule has 1 unspecified atom stereocenters. The predicted molar refractivity (Wildman–Crippen MR) is 111 cm³/mol. The maximum Gasteiger partial charge on any atom is 0.0439 e. The number of allylic oxidation sites excluding steroid dienone is 4. The van der Waals surface area contributed by atoms with Crippen LogP contribution in [0.3, 0.4) is 0 Å². The molecule has 4 rings (SSSR count). The summed E-state index contributed by atoms with van der Waals surface area (Å²) in [5, 5.41) is 0. The molecule has 2 nitrogen and oxygen atoms in total. The summed E-state index contributed by atoms with van der Waals surface area (Å²) >= 11 is 0. The van der Waals surface area contributed by atoms with E-state index in [9.17, 15) is 0 Å². The van der Waals surface area contributed by atoms with Crippen LogP contribution in [-0.4, -0.2) is 0 Å². The summed E-state index contributed by atoms with van der Waals surface area (Å²) in [6.07, 6.45) is 9.58. The minimum Gasteiger partial charge on any atom is -0.399 e. The van der Waals surface area contributed by atoms with Crippen molar-refractivity contribution in [3.05, 3.63) is 108 Å². The van der Waals surface area contributed by atoms with Crippen molar-refractivity contribution in [2.45, 2.75) is 11.8 Å². The number of hydrogen-bond acceptors (Lipinski definition) is 2. The SMILES string of the molecule is Nc1ccc(-c2ccc(N)c(C3(c4ccccc4)C=CC=CC3)c2)cc1. The van der Waals surface area contributed by atoms with Crippen LogP contribution in [0.1, 0.15) is 17.5 Å². The molecule has 3 aromatic rings. The molecule has 1 aliphatic carbocycles. The Morgan fingerprint density at radius 3 is 2.15 bits per heavy atom. The molecule has 0 heterocycles. The number of nitrogens with two attached hydrogens (primary N) is 2. The highest BCUT2D eigenvalue weighted by atomic mass is 14.6. The third kappa shape index (κ3) is 2.80. The molecule has 128 valence electrons. The maximum atomic E-state index is 6.47. The Hall–Kier alpha value is -3.26. The van der Waals surface area contributed by atoms with E-state index in [0.717, 1.165) is 34.5 Å². The van der Waals surface area contributed by atoms with Crippen LogP contribution in [0.4, 0.5) is 11.4 Å². The van der Waals surface area contributed by atoms with Gasteiger partial charge in [-0.15, -0.1) is 0 Å². The molecule has 0 amide bonds. The van der Waals surface area contributed by atoms with E-state index >= 15 is 0 Å². The lowest BCUT2D eigenvalue weighted by atomic mass is 9.69. The first kappa shape index (κ1) is 16.2.